The number of hydrogen-bond acceptors (Lipinski definition) is 7. The Labute approximate surface area is 254 Å². The number of aromatic nitrogens is 2. The van der Waals surface area contributed by atoms with Gasteiger partial charge in [0, 0.05) is 28.1 Å². The summed E-state index contributed by atoms with van der Waals surface area (Å²) in [4.78, 5) is 29.2. The Morgan fingerprint density at radius 2 is 1.68 bits per heavy atom. The highest BCUT2D eigenvalue weighted by Crippen LogP contribution is 2.30. The van der Waals surface area contributed by atoms with Crippen LogP contribution in [0.15, 0.2) is 124 Å². The van der Waals surface area contributed by atoms with Crippen LogP contribution < -0.4 is 10.3 Å². The number of ether oxygens (including phenoxy) is 1. The first kappa shape index (κ1) is 27.1. The van der Waals surface area contributed by atoms with Crippen molar-refractivity contribution in [1.29, 1.82) is 0 Å². The van der Waals surface area contributed by atoms with Gasteiger partial charge in [-0.1, -0.05) is 54.1 Å². The van der Waals surface area contributed by atoms with Gasteiger partial charge in [0.25, 0.3) is 11.2 Å². The first-order valence-corrected chi connectivity index (χ1v) is 14.0. The zero-order valence-corrected chi connectivity index (χ0v) is 23.6. The number of benzene rings is 5. The Bertz CT molecular complexity index is 2310. The molecule has 0 aliphatic heterocycles. The summed E-state index contributed by atoms with van der Waals surface area (Å²) in [6.07, 6.45) is 1.58. The van der Waals surface area contributed by atoms with E-state index in [9.17, 15) is 14.9 Å². The molecular weight excluding hydrogens is 580 g/mol. The van der Waals surface area contributed by atoms with Gasteiger partial charge in [0.05, 0.1) is 22.0 Å². The monoisotopic (exact) mass is 600 g/mol. The lowest BCUT2D eigenvalue weighted by molar-refractivity contribution is -0.384. The first-order chi connectivity index (χ1) is 21.4. The van der Waals surface area contributed by atoms with Crippen molar-refractivity contribution < 1.29 is 14.1 Å². The van der Waals surface area contributed by atoms with Crippen LogP contribution in [0, 0.1) is 10.1 Å². The zero-order chi connectivity index (χ0) is 30.2. The standard InChI is InChI=1S/C34H21ClN4O5/c35-24-12-16-30-23(17-24)18-32(44-30)33-37-29-8-4-3-7-27(29)34(40)38(33)36-19-28-26-6-2-1-5-22(26)11-15-31(28)43-20-21-9-13-25(14-10-21)39(41)42/h1-19H,20H2. The van der Waals surface area contributed by atoms with Crippen LogP contribution in [0.25, 0.3) is 44.2 Å². The second kappa shape index (κ2) is 11.1. The highest BCUT2D eigenvalue weighted by molar-refractivity contribution is 6.31. The molecule has 9 nitrogen and oxygen atoms in total. The second-order valence-electron chi connectivity index (χ2n) is 10.0. The molecule has 0 fully saturated rings. The number of fused-ring (bicyclic) bond motifs is 3. The van der Waals surface area contributed by atoms with Gasteiger partial charge in [0.2, 0.25) is 5.82 Å². The second-order valence-corrected chi connectivity index (χ2v) is 10.5. The molecule has 2 aromatic heterocycles. The maximum atomic E-state index is 13.8. The summed E-state index contributed by atoms with van der Waals surface area (Å²) in [5, 5.41) is 19.2. The van der Waals surface area contributed by atoms with Gasteiger partial charge in [-0.25, -0.2) is 4.98 Å². The lowest BCUT2D eigenvalue weighted by atomic mass is 10.0. The quantitative estimate of drug-likeness (QED) is 0.104. The van der Waals surface area contributed by atoms with Crippen molar-refractivity contribution in [3.63, 3.8) is 0 Å². The van der Waals surface area contributed by atoms with Gasteiger partial charge in [-0.3, -0.25) is 14.9 Å². The van der Waals surface area contributed by atoms with E-state index in [0.29, 0.717) is 38.6 Å². The molecule has 0 atom stereocenters. The number of nitrogens with zero attached hydrogens (tertiary/aromatic N) is 4. The number of nitro groups is 1. The first-order valence-electron chi connectivity index (χ1n) is 13.6. The zero-order valence-electron chi connectivity index (χ0n) is 22.9. The molecule has 0 saturated carbocycles. The van der Waals surface area contributed by atoms with E-state index in [-0.39, 0.29) is 23.7 Å². The summed E-state index contributed by atoms with van der Waals surface area (Å²) in [5.41, 5.74) is 2.15. The van der Waals surface area contributed by atoms with Gasteiger partial charge in [-0.05, 0) is 70.9 Å². The van der Waals surface area contributed by atoms with Gasteiger partial charge in [0.15, 0.2) is 5.76 Å². The summed E-state index contributed by atoms with van der Waals surface area (Å²) in [5.74, 6) is 1.10. The van der Waals surface area contributed by atoms with E-state index in [2.05, 4.69) is 5.10 Å². The number of rotatable bonds is 7. The Kier molecular flexibility index (Phi) is 6.84. The molecule has 0 N–H and O–H groups in total. The number of para-hydroxylation sites is 1. The third-order valence-corrected chi connectivity index (χ3v) is 7.46. The fourth-order valence-electron chi connectivity index (χ4n) is 5.04. The molecule has 214 valence electrons. The average Bonchev–Trinajstić information content (AvgIpc) is 3.47. The van der Waals surface area contributed by atoms with Crippen molar-refractivity contribution in [3.8, 4) is 17.3 Å². The SMILES string of the molecule is O=c1c2ccccc2nc(-c2cc3cc(Cl)ccc3o2)n1N=Cc1c(OCc2ccc([N+](=O)[O-])cc2)ccc2ccccc12. The minimum absolute atomic E-state index is 0.00469. The lowest BCUT2D eigenvalue weighted by Crippen LogP contribution is -2.20. The largest absolute Gasteiger partial charge is 0.488 e. The van der Waals surface area contributed by atoms with E-state index in [4.69, 9.17) is 25.7 Å². The average molecular weight is 601 g/mol. The normalized spacial score (nSPS) is 11.6. The van der Waals surface area contributed by atoms with Crippen molar-refractivity contribution in [2.24, 2.45) is 5.10 Å². The van der Waals surface area contributed by atoms with E-state index in [0.717, 1.165) is 21.7 Å². The van der Waals surface area contributed by atoms with Crippen LogP contribution in [0.1, 0.15) is 11.1 Å². The van der Waals surface area contributed by atoms with Gasteiger partial charge >= 0.3 is 0 Å². The molecule has 2 heterocycles. The fraction of sp³-hybridized carbons (Fsp3) is 0.0294. The Hall–Kier alpha value is -5.80. The van der Waals surface area contributed by atoms with Crippen molar-refractivity contribution >= 4 is 56.1 Å². The highest BCUT2D eigenvalue weighted by atomic mass is 35.5. The van der Waals surface area contributed by atoms with Crippen LogP contribution in [-0.2, 0) is 6.61 Å². The molecule has 0 amide bonds. The number of furan rings is 1. The number of halogens is 1. The van der Waals surface area contributed by atoms with Crippen molar-refractivity contribution in [2.45, 2.75) is 6.61 Å². The maximum absolute atomic E-state index is 13.8. The summed E-state index contributed by atoms with van der Waals surface area (Å²) in [6.45, 7) is 0.168. The molecule has 10 heteroatoms. The molecule has 0 spiro atoms. The predicted molar refractivity (Wildman–Crippen MR) is 171 cm³/mol. The smallest absolute Gasteiger partial charge is 0.282 e. The van der Waals surface area contributed by atoms with Gasteiger partial charge < -0.3 is 9.15 Å². The fourth-order valence-corrected chi connectivity index (χ4v) is 5.22. The molecule has 0 bridgehead atoms. The summed E-state index contributed by atoms with van der Waals surface area (Å²) in [6, 6.07) is 31.8. The Morgan fingerprint density at radius 3 is 2.50 bits per heavy atom. The van der Waals surface area contributed by atoms with Crippen LogP contribution in [0.5, 0.6) is 5.75 Å². The summed E-state index contributed by atoms with van der Waals surface area (Å²) >= 11 is 6.20. The van der Waals surface area contributed by atoms with E-state index in [1.807, 2.05) is 42.5 Å². The highest BCUT2D eigenvalue weighted by Gasteiger charge is 2.17. The molecule has 7 aromatic rings. The van der Waals surface area contributed by atoms with Gasteiger partial charge in [-0.2, -0.15) is 9.78 Å². The third-order valence-electron chi connectivity index (χ3n) is 7.23. The minimum Gasteiger partial charge on any atom is -0.488 e. The van der Waals surface area contributed by atoms with E-state index < -0.39 is 4.92 Å². The maximum Gasteiger partial charge on any atom is 0.282 e. The van der Waals surface area contributed by atoms with E-state index in [1.54, 1.807) is 60.8 Å². The van der Waals surface area contributed by atoms with Crippen molar-refractivity contribution in [2.75, 3.05) is 0 Å². The van der Waals surface area contributed by atoms with Crippen LogP contribution >= 0.6 is 11.6 Å². The molecule has 0 radical (unpaired) electrons. The van der Waals surface area contributed by atoms with E-state index in [1.165, 1.54) is 16.8 Å². The molecule has 5 aromatic carbocycles. The third kappa shape index (κ3) is 5.05. The van der Waals surface area contributed by atoms with Gasteiger partial charge in [0.1, 0.15) is 17.9 Å². The van der Waals surface area contributed by atoms with Crippen LogP contribution in [0.2, 0.25) is 5.02 Å². The molecule has 0 aliphatic carbocycles. The Balaban J connectivity index is 1.35. The molecule has 0 saturated heterocycles. The molecular formula is C34H21ClN4O5. The van der Waals surface area contributed by atoms with Gasteiger partial charge in [-0.15, -0.1) is 0 Å². The van der Waals surface area contributed by atoms with Crippen LogP contribution in [-0.4, -0.2) is 20.8 Å². The Morgan fingerprint density at radius 1 is 0.909 bits per heavy atom. The summed E-state index contributed by atoms with van der Waals surface area (Å²) in [7, 11) is 0. The number of non-ortho nitro benzene ring substituents is 1. The lowest BCUT2D eigenvalue weighted by Gasteiger charge is -2.12. The predicted octanol–water partition coefficient (Wildman–Crippen LogP) is 7.99. The van der Waals surface area contributed by atoms with Crippen LogP contribution in [0.4, 0.5) is 5.69 Å². The molecule has 0 aliphatic rings. The summed E-state index contributed by atoms with van der Waals surface area (Å²) < 4.78 is 13.5. The topological polar surface area (TPSA) is 113 Å². The van der Waals surface area contributed by atoms with Crippen LogP contribution in [0.3, 0.4) is 0 Å². The van der Waals surface area contributed by atoms with E-state index >= 15 is 0 Å². The van der Waals surface area contributed by atoms with Crippen molar-refractivity contribution in [3.05, 3.63) is 146 Å². The molecule has 0 unspecified atom stereocenters. The minimum atomic E-state index is -0.444. The molecule has 7 rings (SSSR count). The molecule has 44 heavy (non-hydrogen) atoms. The van der Waals surface area contributed by atoms with Crippen molar-refractivity contribution in [1.82, 2.24) is 9.66 Å². The number of hydrogen-bond donors (Lipinski definition) is 0. The number of nitro benzene ring substituents is 1.